The lowest BCUT2D eigenvalue weighted by Crippen LogP contribution is -2.51. The van der Waals surface area contributed by atoms with Gasteiger partial charge in [0, 0.05) is 25.8 Å². The van der Waals surface area contributed by atoms with Crippen molar-refractivity contribution in [1.29, 1.82) is 0 Å². The average molecular weight is 331 g/mol. The van der Waals surface area contributed by atoms with E-state index in [2.05, 4.69) is 24.8 Å². The molecule has 0 fully saturated rings. The van der Waals surface area contributed by atoms with Crippen LogP contribution in [0.2, 0.25) is 0 Å². The summed E-state index contributed by atoms with van der Waals surface area (Å²) in [6.07, 6.45) is 2.24. The van der Waals surface area contributed by atoms with E-state index in [0.717, 1.165) is 37.0 Å². The first-order valence-electron chi connectivity index (χ1n) is 8.33. The molecule has 0 saturated carbocycles. The molecule has 0 bridgehead atoms. The Labute approximate surface area is 142 Å². The highest BCUT2D eigenvalue weighted by Crippen LogP contribution is 2.19. The predicted octanol–water partition coefficient (Wildman–Crippen LogP) is 0.318. The van der Waals surface area contributed by atoms with Gasteiger partial charge in [-0.05, 0) is 34.0 Å². The molecule has 0 radical (unpaired) electrons. The third-order valence-electron chi connectivity index (χ3n) is 4.41. The van der Waals surface area contributed by atoms with Gasteiger partial charge in [-0.15, -0.1) is 10.2 Å². The first kappa shape index (κ1) is 16.6. The second kappa shape index (κ2) is 6.72. The van der Waals surface area contributed by atoms with Crippen molar-refractivity contribution in [3.05, 3.63) is 29.6 Å². The summed E-state index contributed by atoms with van der Waals surface area (Å²) in [6.45, 7) is 6.85. The second-order valence-electron chi connectivity index (χ2n) is 6.55. The topological polar surface area (TPSA) is 72.1 Å². The van der Waals surface area contributed by atoms with E-state index >= 15 is 0 Å². The monoisotopic (exact) mass is 331 g/mol. The zero-order valence-corrected chi connectivity index (χ0v) is 14.8. The number of fused-ring (bicyclic) bond motifs is 1. The quantitative estimate of drug-likeness (QED) is 0.789. The molecular weight excluding hydrogens is 306 g/mol. The van der Waals surface area contributed by atoms with Crippen LogP contribution in [0.5, 0.6) is 0 Å². The van der Waals surface area contributed by atoms with Crippen LogP contribution in [-0.4, -0.2) is 66.9 Å². The van der Waals surface area contributed by atoms with Gasteiger partial charge in [-0.2, -0.15) is 5.10 Å². The standard InChI is InChI=1S/C16H25N7O/c1-5-21-7-6-13(19-21)8-16(24)23-11-15-18-17-12(2)22(15)10-14(23)9-20(3)4/h6-7,14H,5,8-11H2,1-4H3. The minimum Gasteiger partial charge on any atom is -0.329 e. The number of amides is 1. The molecule has 0 aromatic carbocycles. The lowest BCUT2D eigenvalue weighted by atomic mass is 10.1. The minimum atomic E-state index is 0.0927. The van der Waals surface area contributed by atoms with Crippen LogP contribution in [0.15, 0.2) is 12.3 Å². The van der Waals surface area contributed by atoms with Gasteiger partial charge < -0.3 is 14.4 Å². The summed E-state index contributed by atoms with van der Waals surface area (Å²) in [5.41, 5.74) is 0.814. The van der Waals surface area contributed by atoms with Crippen LogP contribution in [0.3, 0.4) is 0 Å². The number of hydrogen-bond donors (Lipinski definition) is 0. The van der Waals surface area contributed by atoms with Crippen LogP contribution in [0.4, 0.5) is 0 Å². The molecule has 3 rings (SSSR count). The van der Waals surface area contributed by atoms with E-state index < -0.39 is 0 Å². The predicted molar refractivity (Wildman–Crippen MR) is 89.3 cm³/mol. The molecule has 1 amide bonds. The van der Waals surface area contributed by atoms with Gasteiger partial charge in [0.2, 0.25) is 5.91 Å². The van der Waals surface area contributed by atoms with E-state index in [1.165, 1.54) is 0 Å². The number of rotatable bonds is 5. The summed E-state index contributed by atoms with van der Waals surface area (Å²) < 4.78 is 3.96. The number of hydrogen-bond acceptors (Lipinski definition) is 5. The Morgan fingerprint density at radius 2 is 2.17 bits per heavy atom. The molecule has 2 aromatic rings. The number of carbonyl (C=O) groups is 1. The normalized spacial score (nSPS) is 17.4. The Hall–Kier alpha value is -2.22. The van der Waals surface area contributed by atoms with Crippen molar-refractivity contribution < 1.29 is 4.79 Å². The van der Waals surface area contributed by atoms with Crippen LogP contribution >= 0.6 is 0 Å². The molecule has 2 aromatic heterocycles. The van der Waals surface area contributed by atoms with Crippen LogP contribution in [0.1, 0.15) is 24.3 Å². The molecule has 0 spiro atoms. The number of aryl methyl sites for hydroxylation is 2. The number of aromatic nitrogens is 5. The maximum atomic E-state index is 12.9. The second-order valence-corrected chi connectivity index (χ2v) is 6.55. The molecule has 8 nitrogen and oxygen atoms in total. The Morgan fingerprint density at radius 3 is 2.83 bits per heavy atom. The van der Waals surface area contributed by atoms with Crippen LogP contribution in [0.25, 0.3) is 0 Å². The first-order chi connectivity index (χ1) is 11.5. The Bertz CT molecular complexity index is 718. The zero-order valence-electron chi connectivity index (χ0n) is 14.8. The zero-order chi connectivity index (χ0) is 17.3. The fraction of sp³-hybridized carbons (Fsp3) is 0.625. The lowest BCUT2D eigenvalue weighted by molar-refractivity contribution is -0.135. The lowest BCUT2D eigenvalue weighted by Gasteiger charge is -2.37. The van der Waals surface area contributed by atoms with E-state index in [1.807, 2.05) is 49.8 Å². The van der Waals surface area contributed by atoms with E-state index in [0.29, 0.717) is 13.0 Å². The van der Waals surface area contributed by atoms with Gasteiger partial charge in [-0.25, -0.2) is 0 Å². The van der Waals surface area contributed by atoms with E-state index in [4.69, 9.17) is 0 Å². The van der Waals surface area contributed by atoms with Gasteiger partial charge in [-0.1, -0.05) is 0 Å². The third kappa shape index (κ3) is 3.33. The number of carbonyl (C=O) groups excluding carboxylic acids is 1. The summed E-state index contributed by atoms with van der Waals surface area (Å²) in [4.78, 5) is 16.9. The number of likely N-dealkylation sites (N-methyl/N-ethyl adjacent to an activating group) is 1. The van der Waals surface area contributed by atoms with Gasteiger partial charge in [0.15, 0.2) is 5.82 Å². The third-order valence-corrected chi connectivity index (χ3v) is 4.41. The fourth-order valence-electron chi connectivity index (χ4n) is 3.17. The molecular formula is C16H25N7O. The van der Waals surface area contributed by atoms with Gasteiger partial charge in [0.25, 0.3) is 0 Å². The highest BCUT2D eigenvalue weighted by molar-refractivity contribution is 5.78. The van der Waals surface area contributed by atoms with E-state index in [-0.39, 0.29) is 11.9 Å². The largest absolute Gasteiger partial charge is 0.329 e. The van der Waals surface area contributed by atoms with Crippen LogP contribution < -0.4 is 0 Å². The molecule has 0 N–H and O–H groups in total. The highest BCUT2D eigenvalue weighted by Gasteiger charge is 2.32. The number of nitrogens with zero attached hydrogens (tertiary/aromatic N) is 7. The molecule has 0 aliphatic carbocycles. The van der Waals surface area contributed by atoms with E-state index in [1.54, 1.807) is 0 Å². The van der Waals surface area contributed by atoms with Crippen molar-refractivity contribution in [3.63, 3.8) is 0 Å². The summed E-state index contributed by atoms with van der Waals surface area (Å²) >= 11 is 0. The summed E-state index contributed by atoms with van der Waals surface area (Å²) in [5, 5.41) is 12.8. The Morgan fingerprint density at radius 1 is 1.38 bits per heavy atom. The molecule has 3 heterocycles. The molecule has 130 valence electrons. The molecule has 8 heteroatoms. The fourth-order valence-corrected chi connectivity index (χ4v) is 3.17. The van der Waals surface area contributed by atoms with Gasteiger partial charge in [-0.3, -0.25) is 9.48 Å². The average Bonchev–Trinajstić information content (AvgIpc) is 3.13. The molecule has 24 heavy (non-hydrogen) atoms. The van der Waals surface area contributed by atoms with Crippen molar-refractivity contribution in [2.45, 2.75) is 45.9 Å². The SMILES string of the molecule is CCn1ccc(CC(=O)N2Cc3nnc(C)n3CC2CN(C)C)n1. The smallest absolute Gasteiger partial charge is 0.229 e. The van der Waals surface area contributed by atoms with Crippen LogP contribution in [-0.2, 0) is 30.8 Å². The molecule has 1 atom stereocenters. The van der Waals surface area contributed by atoms with Crippen LogP contribution in [0, 0.1) is 6.92 Å². The van der Waals surface area contributed by atoms with Gasteiger partial charge in [0.1, 0.15) is 5.82 Å². The summed E-state index contributed by atoms with van der Waals surface area (Å²) in [5.74, 6) is 1.85. The molecule has 1 aliphatic heterocycles. The minimum absolute atomic E-state index is 0.0927. The summed E-state index contributed by atoms with van der Waals surface area (Å²) in [7, 11) is 4.06. The maximum absolute atomic E-state index is 12.9. The molecule has 1 unspecified atom stereocenters. The maximum Gasteiger partial charge on any atom is 0.229 e. The van der Waals surface area contributed by atoms with Gasteiger partial charge in [0.05, 0.1) is 24.7 Å². The van der Waals surface area contributed by atoms with Gasteiger partial charge >= 0.3 is 0 Å². The Balaban J connectivity index is 1.78. The highest BCUT2D eigenvalue weighted by atomic mass is 16.2. The first-order valence-corrected chi connectivity index (χ1v) is 8.33. The summed E-state index contributed by atoms with van der Waals surface area (Å²) in [6, 6.07) is 2.03. The van der Waals surface area contributed by atoms with Crippen molar-refractivity contribution in [3.8, 4) is 0 Å². The van der Waals surface area contributed by atoms with E-state index in [9.17, 15) is 4.79 Å². The molecule has 0 saturated heterocycles. The molecule has 1 aliphatic rings. The Kier molecular flexibility index (Phi) is 4.66. The van der Waals surface area contributed by atoms with Crippen molar-refractivity contribution in [2.24, 2.45) is 0 Å². The van der Waals surface area contributed by atoms with Crippen molar-refractivity contribution in [2.75, 3.05) is 20.6 Å². The van der Waals surface area contributed by atoms with Crippen molar-refractivity contribution in [1.82, 2.24) is 34.3 Å². The van der Waals surface area contributed by atoms with Crippen molar-refractivity contribution >= 4 is 5.91 Å².